The fourth-order valence-corrected chi connectivity index (χ4v) is 2.24. The van der Waals surface area contributed by atoms with Crippen LogP contribution in [0.3, 0.4) is 0 Å². The maximum absolute atomic E-state index is 10.4. The number of halogens is 1. The number of nitrogen functional groups attached to an aromatic ring is 1. The number of rotatable bonds is 1. The monoisotopic (exact) mass is 310 g/mol. The first-order chi connectivity index (χ1) is 8.29. The average Bonchev–Trinajstić information content (AvgIpc) is 2.66. The van der Waals surface area contributed by atoms with Crippen LogP contribution < -0.4 is 5.73 Å². The lowest BCUT2D eigenvalue weighted by Crippen LogP contribution is -2.11. The molecule has 0 saturated heterocycles. The molecule has 5 heteroatoms. The van der Waals surface area contributed by atoms with Gasteiger partial charge < -0.3 is 15.4 Å². The quantitative estimate of drug-likeness (QED) is 0.842. The van der Waals surface area contributed by atoms with Crippen LogP contribution in [-0.2, 0) is 5.41 Å². The SMILES string of the molecule is CC(C)(C)c1cc(Br)cc(-c2cc(N)on2)c1O. The molecule has 0 bridgehead atoms. The van der Waals surface area contributed by atoms with Gasteiger partial charge in [-0.15, -0.1) is 0 Å². The van der Waals surface area contributed by atoms with Gasteiger partial charge in [-0.1, -0.05) is 41.9 Å². The summed E-state index contributed by atoms with van der Waals surface area (Å²) < 4.78 is 5.72. The Hall–Kier alpha value is -1.49. The Morgan fingerprint density at radius 3 is 2.44 bits per heavy atom. The fourth-order valence-electron chi connectivity index (χ4n) is 1.78. The molecule has 1 heterocycles. The van der Waals surface area contributed by atoms with Gasteiger partial charge in [0.25, 0.3) is 0 Å². The van der Waals surface area contributed by atoms with Crippen LogP contribution in [0, 0.1) is 0 Å². The summed E-state index contributed by atoms with van der Waals surface area (Å²) in [7, 11) is 0. The van der Waals surface area contributed by atoms with Crippen molar-refractivity contribution in [3.63, 3.8) is 0 Å². The van der Waals surface area contributed by atoms with Crippen molar-refractivity contribution in [3.05, 3.63) is 28.2 Å². The van der Waals surface area contributed by atoms with Crippen LogP contribution in [0.15, 0.2) is 27.2 Å². The zero-order chi connectivity index (χ0) is 13.5. The van der Waals surface area contributed by atoms with Crippen LogP contribution in [-0.4, -0.2) is 10.3 Å². The third-order valence-electron chi connectivity index (χ3n) is 2.69. The van der Waals surface area contributed by atoms with Crippen LogP contribution in [0.1, 0.15) is 26.3 Å². The smallest absolute Gasteiger partial charge is 0.222 e. The van der Waals surface area contributed by atoms with E-state index in [0.717, 1.165) is 10.0 Å². The van der Waals surface area contributed by atoms with Gasteiger partial charge in [-0.2, -0.15) is 0 Å². The minimum atomic E-state index is -0.169. The molecule has 0 aliphatic heterocycles. The molecule has 0 aliphatic rings. The lowest BCUT2D eigenvalue weighted by Gasteiger charge is -2.22. The summed E-state index contributed by atoms with van der Waals surface area (Å²) in [5.74, 6) is 0.431. The molecule has 0 fully saturated rings. The van der Waals surface area contributed by atoms with Crippen LogP contribution in [0.5, 0.6) is 5.75 Å². The van der Waals surface area contributed by atoms with Gasteiger partial charge in [0.2, 0.25) is 5.88 Å². The minimum Gasteiger partial charge on any atom is -0.507 e. The Balaban J connectivity index is 2.66. The van der Waals surface area contributed by atoms with Crippen molar-refractivity contribution in [3.8, 4) is 17.0 Å². The molecule has 2 rings (SSSR count). The third kappa shape index (κ3) is 2.36. The topological polar surface area (TPSA) is 72.3 Å². The maximum atomic E-state index is 10.4. The Morgan fingerprint density at radius 2 is 1.94 bits per heavy atom. The second-order valence-electron chi connectivity index (χ2n) is 5.21. The molecular weight excluding hydrogens is 296 g/mol. The highest BCUT2D eigenvalue weighted by molar-refractivity contribution is 9.10. The highest BCUT2D eigenvalue weighted by Crippen LogP contribution is 2.40. The van der Waals surface area contributed by atoms with E-state index in [9.17, 15) is 5.11 Å². The summed E-state index contributed by atoms with van der Waals surface area (Å²) in [6, 6.07) is 5.29. The second-order valence-corrected chi connectivity index (χ2v) is 6.13. The number of benzene rings is 1. The number of nitrogens with two attached hydrogens (primary N) is 1. The lowest BCUT2D eigenvalue weighted by molar-refractivity contribution is 0.434. The van der Waals surface area contributed by atoms with E-state index < -0.39 is 0 Å². The first kappa shape index (κ1) is 13.0. The molecule has 4 nitrogen and oxygen atoms in total. The molecule has 0 amide bonds. The summed E-state index contributed by atoms with van der Waals surface area (Å²) in [6.45, 7) is 6.11. The van der Waals surface area contributed by atoms with Crippen molar-refractivity contribution in [2.45, 2.75) is 26.2 Å². The molecule has 1 aromatic carbocycles. The standard InChI is InChI=1S/C13H15BrN2O2/c1-13(2,3)9-5-7(14)4-8(12(9)17)10-6-11(15)18-16-10/h4-6,17H,15H2,1-3H3. The average molecular weight is 311 g/mol. The van der Waals surface area contributed by atoms with Gasteiger partial charge in [0, 0.05) is 21.7 Å². The van der Waals surface area contributed by atoms with Crippen molar-refractivity contribution in [2.24, 2.45) is 0 Å². The molecule has 18 heavy (non-hydrogen) atoms. The van der Waals surface area contributed by atoms with Gasteiger partial charge >= 0.3 is 0 Å². The minimum absolute atomic E-state index is 0.169. The van der Waals surface area contributed by atoms with Crippen LogP contribution in [0.25, 0.3) is 11.3 Å². The Labute approximate surface area is 114 Å². The van der Waals surface area contributed by atoms with Crippen LogP contribution >= 0.6 is 15.9 Å². The molecule has 0 saturated carbocycles. The Kier molecular flexibility index (Phi) is 3.11. The molecule has 0 radical (unpaired) electrons. The summed E-state index contributed by atoms with van der Waals surface area (Å²) in [5.41, 5.74) is 7.31. The van der Waals surface area contributed by atoms with E-state index in [1.165, 1.54) is 0 Å². The first-order valence-electron chi connectivity index (χ1n) is 5.54. The van der Waals surface area contributed by atoms with E-state index >= 15 is 0 Å². The van der Waals surface area contributed by atoms with Crippen molar-refractivity contribution in [1.29, 1.82) is 0 Å². The number of aromatic hydroxyl groups is 1. The first-order valence-corrected chi connectivity index (χ1v) is 6.34. The molecular formula is C13H15BrN2O2. The van der Waals surface area contributed by atoms with E-state index in [4.69, 9.17) is 10.3 Å². The molecule has 0 aliphatic carbocycles. The Morgan fingerprint density at radius 1 is 1.28 bits per heavy atom. The van der Waals surface area contributed by atoms with Crippen LogP contribution in [0.2, 0.25) is 0 Å². The molecule has 2 aromatic rings. The van der Waals surface area contributed by atoms with Crippen molar-refractivity contribution >= 4 is 21.8 Å². The largest absolute Gasteiger partial charge is 0.507 e. The number of anilines is 1. The normalized spacial score (nSPS) is 11.8. The zero-order valence-electron chi connectivity index (χ0n) is 10.5. The summed E-state index contributed by atoms with van der Waals surface area (Å²) in [5, 5.41) is 14.2. The van der Waals surface area contributed by atoms with E-state index in [2.05, 4.69) is 21.1 Å². The Bertz CT molecular complexity index is 585. The third-order valence-corrected chi connectivity index (χ3v) is 3.14. The molecule has 0 spiro atoms. The van der Waals surface area contributed by atoms with E-state index in [-0.39, 0.29) is 17.0 Å². The number of phenols is 1. The van der Waals surface area contributed by atoms with Crippen LogP contribution in [0.4, 0.5) is 5.88 Å². The van der Waals surface area contributed by atoms with Gasteiger partial charge in [0.15, 0.2) is 0 Å². The molecule has 0 atom stereocenters. The van der Waals surface area contributed by atoms with E-state index in [0.29, 0.717) is 11.3 Å². The zero-order valence-corrected chi connectivity index (χ0v) is 12.1. The highest BCUT2D eigenvalue weighted by Gasteiger charge is 2.22. The molecule has 96 valence electrons. The van der Waals surface area contributed by atoms with Gasteiger partial charge in [0.1, 0.15) is 11.4 Å². The number of hydrogen-bond acceptors (Lipinski definition) is 4. The predicted octanol–water partition coefficient (Wildman–Crippen LogP) is 3.69. The number of nitrogens with zero attached hydrogens (tertiary/aromatic N) is 1. The molecule has 3 N–H and O–H groups in total. The van der Waals surface area contributed by atoms with Gasteiger partial charge in [0.05, 0.1) is 0 Å². The maximum Gasteiger partial charge on any atom is 0.222 e. The summed E-state index contributed by atoms with van der Waals surface area (Å²) >= 11 is 3.44. The van der Waals surface area contributed by atoms with Crippen molar-refractivity contribution < 1.29 is 9.63 Å². The highest BCUT2D eigenvalue weighted by atomic mass is 79.9. The van der Waals surface area contributed by atoms with E-state index in [1.807, 2.05) is 26.8 Å². The fraction of sp³-hybridized carbons (Fsp3) is 0.308. The number of hydrogen-bond donors (Lipinski definition) is 2. The predicted molar refractivity (Wildman–Crippen MR) is 74.4 cm³/mol. The second kappa shape index (κ2) is 4.31. The number of phenolic OH excluding ortho intramolecular Hbond substituents is 1. The van der Waals surface area contributed by atoms with Gasteiger partial charge in [-0.25, -0.2) is 0 Å². The summed E-state index contributed by atoms with van der Waals surface area (Å²) in [4.78, 5) is 0. The lowest BCUT2D eigenvalue weighted by atomic mass is 9.85. The molecule has 1 aromatic heterocycles. The van der Waals surface area contributed by atoms with Crippen molar-refractivity contribution in [2.75, 3.05) is 5.73 Å². The number of aromatic nitrogens is 1. The van der Waals surface area contributed by atoms with Gasteiger partial charge in [-0.3, -0.25) is 0 Å². The van der Waals surface area contributed by atoms with Crippen molar-refractivity contribution in [1.82, 2.24) is 5.16 Å². The molecule has 0 unspecified atom stereocenters. The van der Waals surface area contributed by atoms with E-state index in [1.54, 1.807) is 12.1 Å². The van der Waals surface area contributed by atoms with Gasteiger partial charge in [-0.05, 0) is 17.5 Å². The summed E-state index contributed by atoms with van der Waals surface area (Å²) in [6.07, 6.45) is 0.